The Morgan fingerprint density at radius 3 is 2.29 bits per heavy atom. The van der Waals surface area contributed by atoms with Crippen LogP contribution in [0.25, 0.3) is 11.1 Å². The number of para-hydroxylation sites is 1. The highest BCUT2D eigenvalue weighted by molar-refractivity contribution is 5.70. The van der Waals surface area contributed by atoms with Crippen molar-refractivity contribution in [1.82, 2.24) is 0 Å². The molecule has 3 nitrogen and oxygen atoms in total. The number of benzene rings is 2. The molecule has 1 aromatic heterocycles. The molecule has 106 valence electrons. The molecule has 0 aliphatic carbocycles. The van der Waals surface area contributed by atoms with E-state index in [2.05, 4.69) is 18.2 Å². The van der Waals surface area contributed by atoms with Gasteiger partial charge in [-0.15, -0.1) is 0 Å². The average molecular weight is 279 g/mol. The molecule has 2 N–H and O–H groups in total. The normalized spacial score (nSPS) is 10.5. The van der Waals surface area contributed by atoms with Crippen LogP contribution in [0.1, 0.15) is 11.5 Å². The van der Waals surface area contributed by atoms with Crippen molar-refractivity contribution in [2.45, 2.75) is 13.2 Å². The smallest absolute Gasteiger partial charge is 0.146 e. The van der Waals surface area contributed by atoms with Crippen LogP contribution in [0.3, 0.4) is 0 Å². The third kappa shape index (κ3) is 3.15. The molecular formula is C18H17NO2. The zero-order valence-corrected chi connectivity index (χ0v) is 11.7. The van der Waals surface area contributed by atoms with E-state index in [0.717, 1.165) is 28.4 Å². The molecule has 0 atom stereocenters. The van der Waals surface area contributed by atoms with Crippen LogP contribution in [0.4, 0.5) is 0 Å². The van der Waals surface area contributed by atoms with Gasteiger partial charge in [0.05, 0.1) is 6.54 Å². The quantitative estimate of drug-likeness (QED) is 0.768. The summed E-state index contributed by atoms with van der Waals surface area (Å²) in [5, 5.41) is 0. The van der Waals surface area contributed by atoms with Crippen molar-refractivity contribution < 1.29 is 9.15 Å². The third-order valence-electron chi connectivity index (χ3n) is 3.26. The predicted molar refractivity (Wildman–Crippen MR) is 82.8 cm³/mol. The van der Waals surface area contributed by atoms with Crippen molar-refractivity contribution in [3.8, 4) is 16.9 Å². The zero-order valence-electron chi connectivity index (χ0n) is 11.7. The van der Waals surface area contributed by atoms with Gasteiger partial charge < -0.3 is 14.9 Å². The van der Waals surface area contributed by atoms with Crippen LogP contribution < -0.4 is 10.5 Å². The highest BCUT2D eigenvalue weighted by atomic mass is 16.5. The minimum atomic E-state index is 0.393. The number of hydrogen-bond donors (Lipinski definition) is 1. The Balaban J connectivity index is 1.79. The van der Waals surface area contributed by atoms with Gasteiger partial charge in [0.25, 0.3) is 0 Å². The zero-order chi connectivity index (χ0) is 14.5. The molecule has 0 unspecified atom stereocenters. The minimum Gasteiger partial charge on any atom is -0.485 e. The van der Waals surface area contributed by atoms with Gasteiger partial charge in [-0.25, -0.2) is 0 Å². The van der Waals surface area contributed by atoms with Crippen molar-refractivity contribution in [1.29, 1.82) is 0 Å². The highest BCUT2D eigenvalue weighted by Gasteiger charge is 2.07. The summed E-state index contributed by atoms with van der Waals surface area (Å²) in [6, 6.07) is 22.0. The Kier molecular flexibility index (Phi) is 4.03. The molecule has 3 rings (SSSR count). The number of ether oxygens (including phenoxy) is 1. The van der Waals surface area contributed by atoms with Crippen molar-refractivity contribution >= 4 is 0 Å². The molecule has 0 fully saturated rings. The van der Waals surface area contributed by atoms with Crippen LogP contribution in [-0.4, -0.2) is 0 Å². The average Bonchev–Trinajstić information content (AvgIpc) is 3.02. The lowest BCUT2D eigenvalue weighted by Gasteiger charge is -2.10. The second-order valence-corrected chi connectivity index (χ2v) is 4.72. The summed E-state index contributed by atoms with van der Waals surface area (Å²) in [6.45, 7) is 0.796. The first-order valence-electron chi connectivity index (χ1n) is 6.92. The summed E-state index contributed by atoms with van der Waals surface area (Å²) in [4.78, 5) is 0. The summed E-state index contributed by atoms with van der Waals surface area (Å²) in [5.74, 6) is 2.39. The highest BCUT2D eigenvalue weighted by Crippen LogP contribution is 2.30. The lowest BCUT2D eigenvalue weighted by atomic mass is 10.1. The molecule has 0 saturated carbocycles. The largest absolute Gasteiger partial charge is 0.485 e. The van der Waals surface area contributed by atoms with Gasteiger partial charge in [-0.1, -0.05) is 48.5 Å². The van der Waals surface area contributed by atoms with Crippen molar-refractivity contribution in [3.05, 3.63) is 78.3 Å². The number of nitrogens with two attached hydrogens (primary N) is 1. The second kappa shape index (κ2) is 6.29. The lowest BCUT2D eigenvalue weighted by Crippen LogP contribution is -1.96. The summed E-state index contributed by atoms with van der Waals surface area (Å²) in [6.07, 6.45) is 0. The van der Waals surface area contributed by atoms with Crippen LogP contribution in [0.5, 0.6) is 5.75 Å². The van der Waals surface area contributed by atoms with E-state index in [9.17, 15) is 0 Å². The summed E-state index contributed by atoms with van der Waals surface area (Å²) in [5.41, 5.74) is 7.74. The van der Waals surface area contributed by atoms with E-state index < -0.39 is 0 Å². The standard InChI is InChI=1S/C18H17NO2/c19-12-15-10-11-16(21-15)13-20-18-9-5-4-8-17(18)14-6-2-1-3-7-14/h1-11H,12-13,19H2. The van der Waals surface area contributed by atoms with Crippen LogP contribution in [0.15, 0.2) is 71.1 Å². The van der Waals surface area contributed by atoms with Crippen molar-refractivity contribution in [2.24, 2.45) is 5.73 Å². The van der Waals surface area contributed by atoms with E-state index in [1.807, 2.05) is 48.5 Å². The predicted octanol–water partition coefficient (Wildman–Crippen LogP) is 3.98. The Labute approximate surface area is 124 Å². The fourth-order valence-electron chi connectivity index (χ4n) is 2.21. The Morgan fingerprint density at radius 2 is 1.52 bits per heavy atom. The lowest BCUT2D eigenvalue weighted by molar-refractivity contribution is 0.267. The van der Waals surface area contributed by atoms with Crippen molar-refractivity contribution in [2.75, 3.05) is 0 Å². The van der Waals surface area contributed by atoms with Gasteiger partial charge in [0, 0.05) is 5.56 Å². The molecule has 0 saturated heterocycles. The van der Waals surface area contributed by atoms with E-state index in [0.29, 0.717) is 13.2 Å². The maximum atomic E-state index is 5.90. The van der Waals surface area contributed by atoms with E-state index in [1.165, 1.54) is 0 Å². The maximum absolute atomic E-state index is 5.90. The number of rotatable bonds is 5. The summed E-state index contributed by atoms with van der Waals surface area (Å²) >= 11 is 0. The van der Waals surface area contributed by atoms with E-state index in [4.69, 9.17) is 14.9 Å². The molecule has 1 heterocycles. The SMILES string of the molecule is NCc1ccc(COc2ccccc2-c2ccccc2)o1. The van der Waals surface area contributed by atoms with Gasteiger partial charge in [0.15, 0.2) is 0 Å². The van der Waals surface area contributed by atoms with Crippen LogP contribution in [0.2, 0.25) is 0 Å². The summed E-state index contributed by atoms with van der Waals surface area (Å²) < 4.78 is 11.5. The van der Waals surface area contributed by atoms with Gasteiger partial charge in [-0.05, 0) is 23.8 Å². The van der Waals surface area contributed by atoms with Gasteiger partial charge in [0.1, 0.15) is 23.9 Å². The van der Waals surface area contributed by atoms with Gasteiger partial charge >= 0.3 is 0 Å². The van der Waals surface area contributed by atoms with Crippen LogP contribution >= 0.6 is 0 Å². The van der Waals surface area contributed by atoms with E-state index in [-0.39, 0.29) is 0 Å². The topological polar surface area (TPSA) is 48.4 Å². The molecule has 0 radical (unpaired) electrons. The molecule has 0 amide bonds. The van der Waals surface area contributed by atoms with Crippen LogP contribution in [-0.2, 0) is 13.2 Å². The fraction of sp³-hybridized carbons (Fsp3) is 0.111. The maximum Gasteiger partial charge on any atom is 0.146 e. The first-order valence-corrected chi connectivity index (χ1v) is 6.92. The van der Waals surface area contributed by atoms with Gasteiger partial charge in [0.2, 0.25) is 0 Å². The van der Waals surface area contributed by atoms with Crippen LogP contribution in [0, 0.1) is 0 Å². The molecule has 3 aromatic rings. The molecular weight excluding hydrogens is 262 g/mol. The Bertz CT molecular complexity index is 704. The molecule has 21 heavy (non-hydrogen) atoms. The number of furan rings is 1. The Morgan fingerprint density at radius 1 is 0.810 bits per heavy atom. The molecule has 0 spiro atoms. The van der Waals surface area contributed by atoms with E-state index in [1.54, 1.807) is 0 Å². The minimum absolute atomic E-state index is 0.393. The summed E-state index contributed by atoms with van der Waals surface area (Å²) in [7, 11) is 0. The Hall–Kier alpha value is -2.52. The molecule has 0 aliphatic heterocycles. The first-order chi connectivity index (χ1) is 10.4. The fourth-order valence-corrected chi connectivity index (χ4v) is 2.21. The van der Waals surface area contributed by atoms with Crippen molar-refractivity contribution in [3.63, 3.8) is 0 Å². The number of hydrogen-bond acceptors (Lipinski definition) is 3. The molecule has 0 bridgehead atoms. The monoisotopic (exact) mass is 279 g/mol. The first kappa shape index (κ1) is 13.5. The van der Waals surface area contributed by atoms with Gasteiger partial charge in [-0.2, -0.15) is 0 Å². The third-order valence-corrected chi connectivity index (χ3v) is 3.26. The molecule has 0 aliphatic rings. The van der Waals surface area contributed by atoms with E-state index >= 15 is 0 Å². The van der Waals surface area contributed by atoms with Gasteiger partial charge in [-0.3, -0.25) is 0 Å². The second-order valence-electron chi connectivity index (χ2n) is 4.72. The molecule has 2 aromatic carbocycles. The molecule has 3 heteroatoms.